The van der Waals surface area contributed by atoms with Gasteiger partial charge in [0.15, 0.2) is 5.96 Å². The first-order valence-electron chi connectivity index (χ1n) is 10.5. The van der Waals surface area contributed by atoms with Gasteiger partial charge < -0.3 is 24.4 Å². The standard InChI is InChI=1S/C22H33N3O3/c1-5-23-21(24-19-17-9-12-28-20(17)22(19)10-6-11-22)25(2)14-15-7-8-16(26-3)13-18(15)27-4/h7-8,13,17,19-20H,5-6,9-12,14H2,1-4H3,(H,23,24). The first-order valence-corrected chi connectivity index (χ1v) is 10.5. The highest BCUT2D eigenvalue weighted by Crippen LogP contribution is 2.62. The third-order valence-corrected chi connectivity index (χ3v) is 6.89. The second-order valence-electron chi connectivity index (χ2n) is 8.28. The summed E-state index contributed by atoms with van der Waals surface area (Å²) in [5, 5.41) is 3.83. The average Bonchev–Trinajstić information content (AvgIpc) is 3.09. The molecule has 0 aromatic heterocycles. The highest BCUT2D eigenvalue weighted by atomic mass is 16.5. The molecule has 28 heavy (non-hydrogen) atoms. The summed E-state index contributed by atoms with van der Waals surface area (Å²) in [5.41, 5.74) is 1.46. The average molecular weight is 388 g/mol. The Labute approximate surface area is 168 Å². The van der Waals surface area contributed by atoms with Crippen molar-refractivity contribution >= 4 is 5.96 Å². The van der Waals surface area contributed by atoms with Crippen molar-refractivity contribution in [2.24, 2.45) is 16.3 Å². The molecule has 3 unspecified atom stereocenters. The maximum absolute atomic E-state index is 6.07. The molecule has 3 atom stereocenters. The van der Waals surface area contributed by atoms with Crippen LogP contribution in [-0.2, 0) is 11.3 Å². The molecule has 1 saturated heterocycles. The van der Waals surface area contributed by atoms with E-state index >= 15 is 0 Å². The molecule has 0 amide bonds. The van der Waals surface area contributed by atoms with E-state index in [-0.39, 0.29) is 0 Å². The Bertz CT molecular complexity index is 732. The highest BCUT2D eigenvalue weighted by molar-refractivity contribution is 5.80. The lowest BCUT2D eigenvalue weighted by Crippen LogP contribution is -2.72. The van der Waals surface area contributed by atoms with E-state index in [1.54, 1.807) is 14.2 Å². The lowest BCUT2D eigenvalue weighted by molar-refractivity contribution is -0.171. The molecule has 1 aromatic carbocycles. The number of hydrogen-bond donors (Lipinski definition) is 1. The molecule has 1 aromatic rings. The van der Waals surface area contributed by atoms with E-state index in [2.05, 4.69) is 30.3 Å². The maximum atomic E-state index is 6.07. The largest absolute Gasteiger partial charge is 0.497 e. The van der Waals surface area contributed by atoms with Crippen LogP contribution in [-0.4, -0.2) is 57.4 Å². The summed E-state index contributed by atoms with van der Waals surface area (Å²) in [7, 11) is 5.47. The number of hydrogen-bond acceptors (Lipinski definition) is 4. The van der Waals surface area contributed by atoms with Crippen molar-refractivity contribution in [3.8, 4) is 11.5 Å². The van der Waals surface area contributed by atoms with Gasteiger partial charge in [-0.05, 0) is 38.3 Å². The number of nitrogens with zero attached hydrogens (tertiary/aromatic N) is 2. The van der Waals surface area contributed by atoms with Crippen molar-refractivity contribution in [3.05, 3.63) is 23.8 Å². The molecule has 3 aliphatic rings. The minimum atomic E-state index is 0.342. The minimum Gasteiger partial charge on any atom is -0.497 e. The fourth-order valence-corrected chi connectivity index (χ4v) is 5.33. The van der Waals surface area contributed by atoms with Crippen LogP contribution < -0.4 is 14.8 Å². The minimum absolute atomic E-state index is 0.342. The molecule has 1 N–H and O–H groups in total. The summed E-state index contributed by atoms with van der Waals surface area (Å²) in [6.07, 6.45) is 5.51. The molecule has 2 saturated carbocycles. The van der Waals surface area contributed by atoms with Gasteiger partial charge in [-0.2, -0.15) is 0 Å². The highest BCUT2D eigenvalue weighted by Gasteiger charge is 2.66. The number of nitrogens with one attached hydrogen (secondary N) is 1. The molecule has 0 bridgehead atoms. The van der Waals surface area contributed by atoms with Crippen LogP contribution >= 0.6 is 0 Å². The quantitative estimate of drug-likeness (QED) is 0.601. The van der Waals surface area contributed by atoms with E-state index in [1.165, 1.54) is 25.7 Å². The Morgan fingerprint density at radius 2 is 2.14 bits per heavy atom. The van der Waals surface area contributed by atoms with Crippen LogP contribution in [0, 0.1) is 11.3 Å². The van der Waals surface area contributed by atoms with Crippen LogP contribution in [0.25, 0.3) is 0 Å². The van der Waals surface area contributed by atoms with Crippen LogP contribution in [0.3, 0.4) is 0 Å². The molecule has 1 spiro atoms. The molecule has 6 nitrogen and oxygen atoms in total. The number of ether oxygens (including phenoxy) is 3. The Hall–Kier alpha value is -1.95. The summed E-state index contributed by atoms with van der Waals surface area (Å²) in [4.78, 5) is 6.99. The first-order chi connectivity index (χ1) is 13.6. The van der Waals surface area contributed by atoms with Gasteiger partial charge >= 0.3 is 0 Å². The van der Waals surface area contributed by atoms with Crippen molar-refractivity contribution < 1.29 is 14.2 Å². The van der Waals surface area contributed by atoms with Crippen LogP contribution in [0.5, 0.6) is 11.5 Å². The second kappa shape index (κ2) is 7.82. The van der Waals surface area contributed by atoms with Gasteiger partial charge in [-0.15, -0.1) is 0 Å². The Morgan fingerprint density at radius 1 is 1.32 bits per heavy atom. The van der Waals surface area contributed by atoms with E-state index in [9.17, 15) is 0 Å². The number of guanidine groups is 1. The molecule has 3 fully saturated rings. The van der Waals surface area contributed by atoms with Crippen LogP contribution in [0.1, 0.15) is 38.2 Å². The third-order valence-electron chi connectivity index (χ3n) is 6.89. The first kappa shape index (κ1) is 19.4. The topological polar surface area (TPSA) is 55.3 Å². The zero-order valence-electron chi connectivity index (χ0n) is 17.5. The molecule has 6 heteroatoms. The van der Waals surface area contributed by atoms with Crippen LogP contribution in [0.2, 0.25) is 0 Å². The number of rotatable bonds is 6. The van der Waals surface area contributed by atoms with E-state index in [4.69, 9.17) is 19.2 Å². The summed E-state index contributed by atoms with van der Waals surface area (Å²) in [5.74, 6) is 3.25. The van der Waals surface area contributed by atoms with Gasteiger partial charge in [-0.25, -0.2) is 0 Å². The normalized spacial score (nSPS) is 27.6. The number of methoxy groups -OCH3 is 2. The molecule has 2 aliphatic carbocycles. The van der Waals surface area contributed by atoms with Crippen molar-refractivity contribution in [3.63, 3.8) is 0 Å². The second-order valence-corrected chi connectivity index (χ2v) is 8.28. The van der Waals surface area contributed by atoms with Crippen molar-refractivity contribution in [2.75, 3.05) is 34.4 Å². The summed E-state index contributed by atoms with van der Waals surface area (Å²) >= 11 is 0. The molecule has 1 aliphatic heterocycles. The molecule has 0 radical (unpaired) electrons. The lowest BCUT2D eigenvalue weighted by Gasteiger charge is -2.63. The molecule has 154 valence electrons. The molecule has 4 rings (SSSR count). The fraction of sp³-hybridized carbons (Fsp3) is 0.682. The maximum Gasteiger partial charge on any atom is 0.194 e. The SMILES string of the molecule is CCN=C(NC1C2CCOC2C12CCC2)N(C)Cc1ccc(OC)cc1OC. The van der Waals surface area contributed by atoms with Crippen molar-refractivity contribution in [1.82, 2.24) is 10.2 Å². The Morgan fingerprint density at radius 3 is 2.79 bits per heavy atom. The fourth-order valence-electron chi connectivity index (χ4n) is 5.33. The van der Waals surface area contributed by atoms with Gasteiger partial charge in [0.25, 0.3) is 0 Å². The summed E-state index contributed by atoms with van der Waals surface area (Å²) < 4.78 is 17.0. The van der Waals surface area contributed by atoms with Gasteiger partial charge in [-0.3, -0.25) is 4.99 Å². The number of fused-ring (bicyclic) bond motifs is 2. The molecule has 1 heterocycles. The summed E-state index contributed by atoms with van der Waals surface area (Å²) in [6.45, 7) is 4.49. The van der Waals surface area contributed by atoms with E-state index < -0.39 is 0 Å². The van der Waals surface area contributed by atoms with Crippen LogP contribution in [0.4, 0.5) is 0 Å². The van der Waals surface area contributed by atoms with Gasteiger partial charge in [0.05, 0.1) is 20.3 Å². The summed E-state index contributed by atoms with van der Waals surface area (Å²) in [6, 6.07) is 6.46. The van der Waals surface area contributed by atoms with Gasteiger partial charge in [-0.1, -0.05) is 6.42 Å². The third kappa shape index (κ3) is 3.11. The lowest BCUT2D eigenvalue weighted by atomic mass is 9.46. The zero-order valence-corrected chi connectivity index (χ0v) is 17.5. The van der Waals surface area contributed by atoms with Crippen LogP contribution in [0.15, 0.2) is 23.2 Å². The monoisotopic (exact) mass is 387 g/mol. The van der Waals surface area contributed by atoms with Crippen molar-refractivity contribution in [1.29, 1.82) is 0 Å². The van der Waals surface area contributed by atoms with E-state index in [0.29, 0.717) is 23.5 Å². The van der Waals surface area contributed by atoms with Gasteiger partial charge in [0.1, 0.15) is 11.5 Å². The predicted octanol–water partition coefficient (Wildman–Crippen LogP) is 3.06. The molecular weight excluding hydrogens is 354 g/mol. The predicted molar refractivity (Wildman–Crippen MR) is 110 cm³/mol. The number of aliphatic imine (C=N–C) groups is 1. The zero-order chi connectivity index (χ0) is 19.7. The van der Waals surface area contributed by atoms with E-state index in [1.807, 2.05) is 12.1 Å². The Kier molecular flexibility index (Phi) is 5.41. The smallest absolute Gasteiger partial charge is 0.194 e. The van der Waals surface area contributed by atoms with Gasteiger partial charge in [0, 0.05) is 55.7 Å². The number of benzene rings is 1. The van der Waals surface area contributed by atoms with E-state index in [0.717, 1.165) is 42.7 Å². The molecular formula is C22H33N3O3. The Balaban J connectivity index is 1.48. The van der Waals surface area contributed by atoms with Gasteiger partial charge in [0.2, 0.25) is 0 Å². The van der Waals surface area contributed by atoms with Crippen molar-refractivity contribution in [2.45, 2.75) is 51.3 Å².